The van der Waals surface area contributed by atoms with E-state index in [-0.39, 0.29) is 0 Å². The van der Waals surface area contributed by atoms with Crippen molar-refractivity contribution >= 4 is 11.9 Å². The van der Waals surface area contributed by atoms with Gasteiger partial charge in [-0.15, -0.1) is 0 Å². The van der Waals surface area contributed by atoms with E-state index < -0.39 is 23.3 Å². The van der Waals surface area contributed by atoms with Crippen LogP contribution in [0.4, 0.5) is 0 Å². The number of esters is 2. The van der Waals surface area contributed by atoms with Crippen molar-refractivity contribution in [3.05, 3.63) is 60.2 Å². The number of hydrogen-bond donors (Lipinski definition) is 0. The van der Waals surface area contributed by atoms with Crippen LogP contribution < -0.4 is 0 Å². The maximum absolute atomic E-state index is 12.0. The van der Waals surface area contributed by atoms with Gasteiger partial charge in [0, 0.05) is 0 Å². The predicted molar refractivity (Wildman–Crippen MR) is 61.0 cm³/mol. The zero-order valence-electron chi connectivity index (χ0n) is 9.00. The lowest BCUT2D eigenvalue weighted by Gasteiger charge is -2.26. The Bertz CT molecular complexity index is 542. The monoisotopic (exact) mass is 226 g/mol. The second kappa shape index (κ2) is 3.42. The summed E-state index contributed by atoms with van der Waals surface area (Å²) in [5.74, 6) is -1.50. The molecule has 0 N–H and O–H groups in total. The maximum atomic E-state index is 12.0. The van der Waals surface area contributed by atoms with Crippen LogP contribution in [0.15, 0.2) is 54.6 Å². The lowest BCUT2D eigenvalue weighted by Crippen LogP contribution is -2.36. The second-order valence-corrected chi connectivity index (χ2v) is 4.17. The van der Waals surface area contributed by atoms with Crippen molar-refractivity contribution in [3.8, 4) is 0 Å². The summed E-state index contributed by atoms with van der Waals surface area (Å²) < 4.78 is 4.79. The van der Waals surface area contributed by atoms with E-state index in [9.17, 15) is 9.59 Å². The van der Waals surface area contributed by atoms with Crippen molar-refractivity contribution < 1.29 is 14.3 Å². The molecule has 0 aromatic heterocycles. The number of hydrogen-bond acceptors (Lipinski definition) is 3. The van der Waals surface area contributed by atoms with E-state index >= 15 is 0 Å². The van der Waals surface area contributed by atoms with Gasteiger partial charge in [-0.25, -0.2) is 0 Å². The van der Waals surface area contributed by atoms with Crippen LogP contribution in [0.5, 0.6) is 0 Å². The van der Waals surface area contributed by atoms with Crippen molar-refractivity contribution in [1.82, 2.24) is 0 Å². The lowest BCUT2D eigenvalue weighted by molar-refractivity contribution is -0.153. The third-order valence-electron chi connectivity index (χ3n) is 3.30. The number of carbonyl (C=O) groups excluding carboxylic acids is 2. The fourth-order valence-corrected chi connectivity index (χ4v) is 2.44. The molecule has 1 fully saturated rings. The highest BCUT2D eigenvalue weighted by molar-refractivity contribution is 6.05. The fourth-order valence-electron chi connectivity index (χ4n) is 2.44. The number of cyclic esters (lactones) is 2. The molecule has 0 spiro atoms. The highest BCUT2D eigenvalue weighted by Crippen LogP contribution is 2.43. The van der Waals surface area contributed by atoms with Gasteiger partial charge in [-0.3, -0.25) is 9.59 Å². The first-order chi connectivity index (χ1) is 8.25. The van der Waals surface area contributed by atoms with Gasteiger partial charge in [0.05, 0.1) is 5.92 Å². The summed E-state index contributed by atoms with van der Waals surface area (Å²) >= 11 is 0. The molecule has 2 unspecified atom stereocenters. The molecule has 3 heteroatoms. The van der Waals surface area contributed by atoms with Gasteiger partial charge in [0.25, 0.3) is 0 Å². The van der Waals surface area contributed by atoms with Gasteiger partial charge in [0.1, 0.15) is 5.41 Å². The molecule has 84 valence electrons. The number of rotatable bonds is 1. The van der Waals surface area contributed by atoms with Crippen molar-refractivity contribution in [3.63, 3.8) is 0 Å². The Morgan fingerprint density at radius 3 is 2.59 bits per heavy atom. The molecule has 17 heavy (non-hydrogen) atoms. The zero-order chi connectivity index (χ0) is 11.9. The molecule has 1 aromatic carbocycles. The molecule has 1 aliphatic heterocycles. The Labute approximate surface area is 98.4 Å². The van der Waals surface area contributed by atoms with Crippen LogP contribution in [0.2, 0.25) is 0 Å². The van der Waals surface area contributed by atoms with Gasteiger partial charge in [-0.1, -0.05) is 54.6 Å². The molecule has 2 aliphatic rings. The molecule has 0 saturated carbocycles. The first-order valence-electron chi connectivity index (χ1n) is 5.43. The molecule has 1 heterocycles. The van der Waals surface area contributed by atoms with E-state index in [1.807, 2.05) is 30.3 Å². The van der Waals surface area contributed by atoms with Crippen molar-refractivity contribution in [1.29, 1.82) is 0 Å². The Balaban J connectivity index is 2.22. The Morgan fingerprint density at radius 1 is 1.06 bits per heavy atom. The van der Waals surface area contributed by atoms with Crippen molar-refractivity contribution in [2.45, 2.75) is 5.41 Å². The van der Waals surface area contributed by atoms with E-state index in [1.54, 1.807) is 24.3 Å². The Hall–Kier alpha value is -2.16. The number of allylic oxidation sites excluding steroid dienone is 2. The van der Waals surface area contributed by atoms with Crippen molar-refractivity contribution in [2.24, 2.45) is 5.92 Å². The van der Waals surface area contributed by atoms with Gasteiger partial charge in [0.2, 0.25) is 0 Å². The van der Waals surface area contributed by atoms with Crippen LogP contribution in [0.3, 0.4) is 0 Å². The molecule has 2 atom stereocenters. The number of carbonyl (C=O) groups is 2. The summed E-state index contributed by atoms with van der Waals surface area (Å²) in [4.78, 5) is 23.7. The molecule has 0 bridgehead atoms. The largest absolute Gasteiger partial charge is 0.392 e. The van der Waals surface area contributed by atoms with Crippen LogP contribution in [0, 0.1) is 5.92 Å². The molecule has 1 aliphatic carbocycles. The zero-order valence-corrected chi connectivity index (χ0v) is 9.00. The Kier molecular flexibility index (Phi) is 2.01. The standard InChI is InChI=1S/C14H10O3/c15-12-11-8-4-5-9-14(11,13(16)17-12)10-6-2-1-3-7-10/h1-9,11H. The second-order valence-electron chi connectivity index (χ2n) is 4.17. The molecule has 1 aromatic rings. The van der Waals surface area contributed by atoms with Gasteiger partial charge < -0.3 is 4.74 Å². The average Bonchev–Trinajstić information content (AvgIpc) is 2.64. The summed E-state index contributed by atoms with van der Waals surface area (Å²) in [6.45, 7) is 0. The summed E-state index contributed by atoms with van der Waals surface area (Å²) in [5.41, 5.74) is -0.172. The predicted octanol–water partition coefficient (Wildman–Crippen LogP) is 1.75. The topological polar surface area (TPSA) is 43.4 Å². The number of benzene rings is 1. The highest BCUT2D eigenvalue weighted by atomic mass is 16.6. The Morgan fingerprint density at radius 2 is 1.82 bits per heavy atom. The highest BCUT2D eigenvalue weighted by Gasteiger charge is 2.56. The van der Waals surface area contributed by atoms with E-state index in [4.69, 9.17) is 4.74 Å². The number of fused-ring (bicyclic) bond motifs is 1. The summed E-state index contributed by atoms with van der Waals surface area (Å²) in [6.07, 6.45) is 7.02. The third-order valence-corrected chi connectivity index (χ3v) is 3.30. The molecule has 0 amide bonds. The normalized spacial score (nSPS) is 30.2. The van der Waals surface area contributed by atoms with Crippen LogP contribution in [0.25, 0.3) is 0 Å². The van der Waals surface area contributed by atoms with Gasteiger partial charge in [-0.05, 0) is 5.56 Å². The molecule has 3 nitrogen and oxygen atoms in total. The van der Waals surface area contributed by atoms with E-state index in [0.717, 1.165) is 5.56 Å². The quantitative estimate of drug-likeness (QED) is 0.541. The molecule has 1 saturated heterocycles. The van der Waals surface area contributed by atoms with Gasteiger partial charge >= 0.3 is 11.9 Å². The molecular formula is C14H10O3. The number of ether oxygens (including phenoxy) is 1. The van der Waals surface area contributed by atoms with Gasteiger partial charge in [-0.2, -0.15) is 0 Å². The van der Waals surface area contributed by atoms with E-state index in [0.29, 0.717) is 0 Å². The third kappa shape index (κ3) is 1.22. The van der Waals surface area contributed by atoms with Crippen LogP contribution in [-0.4, -0.2) is 11.9 Å². The summed E-state index contributed by atoms with van der Waals surface area (Å²) in [5, 5.41) is 0. The lowest BCUT2D eigenvalue weighted by atomic mass is 9.70. The van der Waals surface area contributed by atoms with E-state index in [2.05, 4.69) is 0 Å². The molecular weight excluding hydrogens is 216 g/mol. The minimum atomic E-state index is -0.965. The average molecular weight is 226 g/mol. The molecule has 0 radical (unpaired) electrons. The summed E-state index contributed by atoms with van der Waals surface area (Å²) in [6, 6.07) is 9.26. The van der Waals surface area contributed by atoms with E-state index in [1.165, 1.54) is 0 Å². The van der Waals surface area contributed by atoms with Gasteiger partial charge in [0.15, 0.2) is 0 Å². The smallest absolute Gasteiger partial charge is 0.329 e. The fraction of sp³-hybridized carbons (Fsp3) is 0.143. The minimum Gasteiger partial charge on any atom is -0.392 e. The van der Waals surface area contributed by atoms with Crippen LogP contribution in [-0.2, 0) is 19.7 Å². The maximum Gasteiger partial charge on any atom is 0.329 e. The molecule has 3 rings (SSSR count). The minimum absolute atomic E-state index is 0.473. The SMILES string of the molecule is O=C1OC(=O)C2(c3ccccc3)C=CC=CC12. The van der Waals surface area contributed by atoms with Crippen LogP contribution in [0.1, 0.15) is 5.56 Å². The first kappa shape index (κ1) is 10.0. The van der Waals surface area contributed by atoms with Crippen molar-refractivity contribution in [2.75, 3.05) is 0 Å². The first-order valence-corrected chi connectivity index (χ1v) is 5.43. The summed E-state index contributed by atoms with van der Waals surface area (Å²) in [7, 11) is 0. The van der Waals surface area contributed by atoms with Crippen LogP contribution >= 0.6 is 0 Å².